The Morgan fingerprint density at radius 1 is 1.48 bits per heavy atom. The van der Waals surface area contributed by atoms with Gasteiger partial charge in [0.2, 0.25) is 5.91 Å². The predicted octanol–water partition coefficient (Wildman–Crippen LogP) is 0.340. The van der Waals surface area contributed by atoms with Gasteiger partial charge in [-0.3, -0.25) is 9.59 Å². The van der Waals surface area contributed by atoms with E-state index in [0.29, 0.717) is 23.9 Å². The van der Waals surface area contributed by atoms with E-state index in [9.17, 15) is 9.59 Å². The molecule has 8 heteroatoms. The summed E-state index contributed by atoms with van der Waals surface area (Å²) in [7, 11) is 4.85. The normalized spacial score (nSPS) is 12.0. The van der Waals surface area contributed by atoms with Crippen LogP contribution in [0.2, 0.25) is 0 Å². The molecule has 0 aliphatic heterocycles. The lowest BCUT2D eigenvalue weighted by atomic mass is 10.3. The SMILES string of the molecule is COCCN(CC(=O)N(C)C)C(=O)c1csc(C(C)N)n1. The lowest BCUT2D eigenvalue weighted by Crippen LogP contribution is -2.42. The number of hydrogen-bond acceptors (Lipinski definition) is 6. The number of thiazole rings is 1. The number of rotatable bonds is 7. The van der Waals surface area contributed by atoms with Gasteiger partial charge in [-0.05, 0) is 6.92 Å². The predicted molar refractivity (Wildman–Crippen MR) is 81.2 cm³/mol. The number of ether oxygens (including phenoxy) is 1. The van der Waals surface area contributed by atoms with Crippen LogP contribution in [0.4, 0.5) is 0 Å². The molecule has 7 nitrogen and oxygen atoms in total. The maximum absolute atomic E-state index is 12.4. The standard InChI is InChI=1S/C13H22N4O3S/c1-9(14)12-15-10(8-21-12)13(19)17(5-6-20-4)7-11(18)16(2)3/h8-9H,5-7,14H2,1-4H3. The third-order valence-electron chi connectivity index (χ3n) is 2.81. The molecule has 2 N–H and O–H groups in total. The molecule has 1 aromatic rings. The van der Waals surface area contributed by atoms with Gasteiger partial charge in [-0.25, -0.2) is 4.98 Å². The first-order valence-corrected chi connectivity index (χ1v) is 7.44. The number of carbonyl (C=O) groups is 2. The molecule has 1 rings (SSSR count). The van der Waals surface area contributed by atoms with E-state index in [0.717, 1.165) is 0 Å². The maximum atomic E-state index is 12.4. The fourth-order valence-corrected chi connectivity index (χ4v) is 2.27. The molecule has 1 unspecified atom stereocenters. The summed E-state index contributed by atoms with van der Waals surface area (Å²) < 4.78 is 4.99. The smallest absolute Gasteiger partial charge is 0.273 e. The molecule has 0 saturated heterocycles. The monoisotopic (exact) mass is 314 g/mol. The second-order valence-corrected chi connectivity index (χ2v) is 5.76. The van der Waals surface area contributed by atoms with E-state index in [4.69, 9.17) is 10.5 Å². The zero-order valence-corrected chi connectivity index (χ0v) is 13.6. The highest BCUT2D eigenvalue weighted by Crippen LogP contribution is 2.17. The number of methoxy groups -OCH3 is 1. The van der Waals surface area contributed by atoms with Gasteiger partial charge >= 0.3 is 0 Å². The van der Waals surface area contributed by atoms with Crippen molar-refractivity contribution in [3.63, 3.8) is 0 Å². The Balaban J connectivity index is 2.84. The van der Waals surface area contributed by atoms with E-state index in [1.807, 2.05) is 6.92 Å². The van der Waals surface area contributed by atoms with Gasteiger partial charge in [0.05, 0.1) is 12.6 Å². The Morgan fingerprint density at radius 2 is 2.14 bits per heavy atom. The second-order valence-electron chi connectivity index (χ2n) is 4.87. The highest BCUT2D eigenvalue weighted by molar-refractivity contribution is 7.09. The molecule has 1 aromatic heterocycles. The number of likely N-dealkylation sites (N-methyl/N-ethyl adjacent to an activating group) is 1. The van der Waals surface area contributed by atoms with Gasteiger partial charge in [0.15, 0.2) is 0 Å². The third kappa shape index (κ3) is 5.07. The Labute approximate surface area is 128 Å². The summed E-state index contributed by atoms with van der Waals surface area (Å²) in [5.74, 6) is -0.438. The van der Waals surface area contributed by atoms with Crippen molar-refractivity contribution in [1.82, 2.24) is 14.8 Å². The molecular weight excluding hydrogens is 292 g/mol. The second kappa shape index (κ2) is 8.06. The van der Waals surface area contributed by atoms with Crippen LogP contribution in [0.3, 0.4) is 0 Å². The highest BCUT2D eigenvalue weighted by atomic mass is 32.1. The van der Waals surface area contributed by atoms with Crippen molar-refractivity contribution in [2.45, 2.75) is 13.0 Å². The number of aromatic nitrogens is 1. The maximum Gasteiger partial charge on any atom is 0.273 e. The number of amides is 2. The molecule has 118 valence electrons. The molecule has 1 heterocycles. The number of nitrogens with two attached hydrogens (primary N) is 1. The van der Waals surface area contributed by atoms with Gasteiger partial charge in [-0.15, -0.1) is 11.3 Å². The van der Waals surface area contributed by atoms with Crippen LogP contribution in [0.5, 0.6) is 0 Å². The van der Waals surface area contributed by atoms with Crippen molar-refractivity contribution >= 4 is 23.2 Å². The molecule has 0 aromatic carbocycles. The summed E-state index contributed by atoms with van der Waals surface area (Å²) in [6, 6.07) is -0.215. The number of hydrogen-bond donors (Lipinski definition) is 1. The minimum Gasteiger partial charge on any atom is -0.383 e. The Kier molecular flexibility index (Phi) is 6.73. The van der Waals surface area contributed by atoms with Crippen LogP contribution < -0.4 is 5.73 Å². The van der Waals surface area contributed by atoms with E-state index in [1.54, 1.807) is 26.6 Å². The van der Waals surface area contributed by atoms with Crippen molar-refractivity contribution in [2.24, 2.45) is 5.73 Å². The van der Waals surface area contributed by atoms with Crippen LogP contribution in [0, 0.1) is 0 Å². The molecule has 0 saturated carbocycles. The van der Waals surface area contributed by atoms with E-state index < -0.39 is 0 Å². The zero-order chi connectivity index (χ0) is 16.0. The largest absolute Gasteiger partial charge is 0.383 e. The first kappa shape index (κ1) is 17.5. The topological polar surface area (TPSA) is 88.8 Å². The van der Waals surface area contributed by atoms with Gasteiger partial charge in [-0.2, -0.15) is 0 Å². The summed E-state index contributed by atoms with van der Waals surface area (Å²) in [6.07, 6.45) is 0. The van der Waals surface area contributed by atoms with Crippen molar-refractivity contribution in [3.8, 4) is 0 Å². The molecule has 0 aliphatic rings. The first-order valence-electron chi connectivity index (χ1n) is 6.56. The molecule has 21 heavy (non-hydrogen) atoms. The Bertz CT molecular complexity index is 488. The molecule has 0 spiro atoms. The summed E-state index contributed by atoms with van der Waals surface area (Å²) in [4.78, 5) is 31.4. The van der Waals surface area contributed by atoms with Gasteiger partial charge in [0.1, 0.15) is 17.2 Å². The molecular formula is C13H22N4O3S. The van der Waals surface area contributed by atoms with E-state index >= 15 is 0 Å². The van der Waals surface area contributed by atoms with Crippen LogP contribution in [0.15, 0.2) is 5.38 Å². The van der Waals surface area contributed by atoms with Gasteiger partial charge in [0.25, 0.3) is 5.91 Å². The van der Waals surface area contributed by atoms with Crippen molar-refractivity contribution in [1.29, 1.82) is 0 Å². The van der Waals surface area contributed by atoms with E-state index in [2.05, 4.69) is 4.98 Å². The molecule has 0 radical (unpaired) electrons. The molecule has 0 bridgehead atoms. The first-order chi connectivity index (χ1) is 9.86. The van der Waals surface area contributed by atoms with E-state index in [1.165, 1.54) is 21.1 Å². The summed E-state index contributed by atoms with van der Waals surface area (Å²) >= 11 is 1.34. The summed E-state index contributed by atoms with van der Waals surface area (Å²) in [5.41, 5.74) is 6.06. The highest BCUT2D eigenvalue weighted by Gasteiger charge is 2.22. The van der Waals surface area contributed by atoms with Crippen LogP contribution in [-0.4, -0.2) is 67.5 Å². The Morgan fingerprint density at radius 3 is 2.62 bits per heavy atom. The third-order valence-corrected chi connectivity index (χ3v) is 3.85. The molecule has 0 fully saturated rings. The van der Waals surface area contributed by atoms with E-state index in [-0.39, 0.29) is 24.4 Å². The average Bonchev–Trinajstić information content (AvgIpc) is 2.92. The van der Waals surface area contributed by atoms with Crippen molar-refractivity contribution in [3.05, 3.63) is 16.1 Å². The molecule has 0 aliphatic carbocycles. The van der Waals surface area contributed by atoms with Gasteiger partial charge in [0, 0.05) is 33.1 Å². The zero-order valence-electron chi connectivity index (χ0n) is 12.8. The van der Waals surface area contributed by atoms with Gasteiger partial charge in [-0.1, -0.05) is 0 Å². The minimum atomic E-state index is -0.287. The lowest BCUT2D eigenvalue weighted by Gasteiger charge is -2.22. The number of nitrogens with zero attached hydrogens (tertiary/aromatic N) is 3. The summed E-state index contributed by atoms with van der Waals surface area (Å²) in [6.45, 7) is 2.50. The van der Waals surface area contributed by atoms with Crippen LogP contribution in [-0.2, 0) is 9.53 Å². The van der Waals surface area contributed by atoms with Crippen molar-refractivity contribution in [2.75, 3.05) is 40.9 Å². The molecule has 1 atom stereocenters. The van der Waals surface area contributed by atoms with Gasteiger partial charge < -0.3 is 20.3 Å². The number of carbonyl (C=O) groups excluding carboxylic acids is 2. The lowest BCUT2D eigenvalue weighted by molar-refractivity contribution is -0.129. The van der Waals surface area contributed by atoms with Crippen molar-refractivity contribution < 1.29 is 14.3 Å². The fraction of sp³-hybridized carbons (Fsp3) is 0.615. The van der Waals surface area contributed by atoms with Crippen LogP contribution in [0.25, 0.3) is 0 Å². The average molecular weight is 314 g/mol. The summed E-state index contributed by atoms with van der Waals surface area (Å²) in [5, 5.41) is 2.37. The fourth-order valence-electron chi connectivity index (χ4n) is 1.52. The minimum absolute atomic E-state index is 0.000230. The van der Waals surface area contributed by atoms with Crippen LogP contribution in [0.1, 0.15) is 28.5 Å². The Hall–Kier alpha value is -1.51. The quantitative estimate of drug-likeness (QED) is 0.784. The molecule has 2 amide bonds. The van der Waals surface area contributed by atoms with Crippen LogP contribution >= 0.6 is 11.3 Å².